The van der Waals surface area contributed by atoms with Crippen LogP contribution in [0.1, 0.15) is 26.3 Å². The van der Waals surface area contributed by atoms with Gasteiger partial charge in [0.2, 0.25) is 5.43 Å². The number of phenols is 2. The number of ether oxygens (including phenoxy) is 1. The minimum absolute atomic E-state index is 0.102. The third-order valence-electron chi connectivity index (χ3n) is 5.13. The van der Waals surface area contributed by atoms with Crippen LogP contribution in [0.25, 0.3) is 22.1 Å². The molecule has 2 heterocycles. The second-order valence-corrected chi connectivity index (χ2v) is 6.98. The van der Waals surface area contributed by atoms with E-state index in [1.807, 2.05) is 20.8 Å². The molecule has 0 saturated heterocycles. The van der Waals surface area contributed by atoms with Crippen molar-refractivity contribution in [3.05, 3.63) is 52.4 Å². The maximum absolute atomic E-state index is 13.0. The van der Waals surface area contributed by atoms with Gasteiger partial charge in [0.1, 0.15) is 40.6 Å². The molecule has 0 amide bonds. The predicted octanol–water partition coefficient (Wildman–Crippen LogP) is 3.93. The number of benzene rings is 2. The Hall–Kier alpha value is -2.95. The summed E-state index contributed by atoms with van der Waals surface area (Å²) in [7, 11) is 0. The first-order chi connectivity index (χ1) is 11.8. The maximum atomic E-state index is 13.0. The van der Waals surface area contributed by atoms with Gasteiger partial charge >= 0.3 is 0 Å². The van der Waals surface area contributed by atoms with Crippen molar-refractivity contribution in [1.82, 2.24) is 0 Å². The molecule has 25 heavy (non-hydrogen) atoms. The SMILES string of the molecule is C[C@@H]1Oc2cc(O)c3c(=O)c(-c4ccc(O)cc4)coc3c2C1(C)C. The van der Waals surface area contributed by atoms with Crippen LogP contribution in [-0.2, 0) is 5.41 Å². The molecule has 0 bridgehead atoms. The molecule has 0 fully saturated rings. The van der Waals surface area contributed by atoms with Crippen LogP contribution in [0.4, 0.5) is 0 Å². The zero-order valence-corrected chi connectivity index (χ0v) is 14.2. The highest BCUT2D eigenvalue weighted by Gasteiger charge is 2.42. The van der Waals surface area contributed by atoms with Crippen molar-refractivity contribution in [2.24, 2.45) is 0 Å². The fourth-order valence-electron chi connectivity index (χ4n) is 3.35. The summed E-state index contributed by atoms with van der Waals surface area (Å²) in [4.78, 5) is 13.0. The Bertz CT molecular complexity index is 1040. The molecule has 0 saturated carbocycles. The van der Waals surface area contributed by atoms with Gasteiger partial charge in [0, 0.05) is 17.0 Å². The van der Waals surface area contributed by atoms with Gasteiger partial charge in [-0.3, -0.25) is 4.79 Å². The zero-order chi connectivity index (χ0) is 17.9. The van der Waals surface area contributed by atoms with Crippen LogP contribution in [0.3, 0.4) is 0 Å². The number of aromatic hydroxyl groups is 2. The highest BCUT2D eigenvalue weighted by molar-refractivity contribution is 5.92. The van der Waals surface area contributed by atoms with Gasteiger partial charge in [0.05, 0.1) is 5.56 Å². The van der Waals surface area contributed by atoms with Gasteiger partial charge in [-0.15, -0.1) is 0 Å². The van der Waals surface area contributed by atoms with E-state index in [0.717, 1.165) is 5.56 Å². The Kier molecular flexibility index (Phi) is 3.13. The smallest absolute Gasteiger partial charge is 0.204 e. The Balaban J connectivity index is 2.04. The lowest BCUT2D eigenvalue weighted by Crippen LogP contribution is -2.29. The predicted molar refractivity (Wildman–Crippen MR) is 94.4 cm³/mol. The van der Waals surface area contributed by atoms with Crippen LogP contribution < -0.4 is 10.2 Å². The summed E-state index contributed by atoms with van der Waals surface area (Å²) in [6.07, 6.45) is 1.30. The lowest BCUT2D eigenvalue weighted by Gasteiger charge is -2.22. The van der Waals surface area contributed by atoms with Crippen molar-refractivity contribution >= 4 is 11.0 Å². The molecule has 3 aromatic rings. The number of phenolic OH excluding ortho intramolecular Hbond substituents is 2. The molecule has 1 aliphatic rings. The molecule has 2 aromatic carbocycles. The molecule has 1 aromatic heterocycles. The van der Waals surface area contributed by atoms with Crippen LogP contribution in [0.15, 0.2) is 45.8 Å². The van der Waals surface area contributed by atoms with Crippen molar-refractivity contribution in [2.75, 3.05) is 0 Å². The fourth-order valence-corrected chi connectivity index (χ4v) is 3.35. The molecular formula is C20H18O5. The number of hydrogen-bond donors (Lipinski definition) is 2. The lowest BCUT2D eigenvalue weighted by molar-refractivity contribution is 0.185. The minimum atomic E-state index is -0.350. The van der Waals surface area contributed by atoms with Crippen LogP contribution in [-0.4, -0.2) is 16.3 Å². The molecule has 5 nitrogen and oxygen atoms in total. The zero-order valence-electron chi connectivity index (χ0n) is 14.2. The average molecular weight is 338 g/mol. The standard InChI is InChI=1S/C20H18O5/c1-10-20(2,3)17-15(25-10)8-14(22)16-18(23)13(9-24-19(16)17)11-4-6-12(21)7-5-11/h4-10,21-22H,1-3H3/t10-/m0/s1. The van der Waals surface area contributed by atoms with E-state index in [4.69, 9.17) is 9.15 Å². The molecule has 1 aliphatic heterocycles. The largest absolute Gasteiger partial charge is 0.508 e. The Labute approximate surface area is 144 Å². The quantitative estimate of drug-likeness (QED) is 0.703. The van der Waals surface area contributed by atoms with E-state index in [1.165, 1.54) is 24.5 Å². The molecule has 4 rings (SSSR count). The van der Waals surface area contributed by atoms with Crippen LogP contribution in [0, 0.1) is 0 Å². The molecule has 1 atom stereocenters. The highest BCUT2D eigenvalue weighted by atomic mass is 16.5. The van der Waals surface area contributed by atoms with Gasteiger partial charge in [-0.2, -0.15) is 0 Å². The van der Waals surface area contributed by atoms with Crippen LogP contribution >= 0.6 is 0 Å². The summed E-state index contributed by atoms with van der Waals surface area (Å²) in [5, 5.41) is 20.0. The molecule has 0 unspecified atom stereocenters. The highest BCUT2D eigenvalue weighted by Crippen LogP contribution is 2.48. The first-order valence-corrected chi connectivity index (χ1v) is 8.08. The van der Waals surface area contributed by atoms with Crippen molar-refractivity contribution < 1.29 is 19.4 Å². The topological polar surface area (TPSA) is 79.9 Å². The van der Waals surface area contributed by atoms with Crippen LogP contribution in [0.5, 0.6) is 17.2 Å². The third kappa shape index (κ3) is 2.12. The minimum Gasteiger partial charge on any atom is -0.508 e. The fraction of sp³-hybridized carbons (Fsp3) is 0.250. The second-order valence-electron chi connectivity index (χ2n) is 6.98. The van der Waals surface area contributed by atoms with Gasteiger partial charge in [-0.05, 0) is 24.6 Å². The van der Waals surface area contributed by atoms with E-state index in [9.17, 15) is 15.0 Å². The van der Waals surface area contributed by atoms with Crippen molar-refractivity contribution in [1.29, 1.82) is 0 Å². The number of fused-ring (bicyclic) bond motifs is 3. The molecule has 5 heteroatoms. The van der Waals surface area contributed by atoms with E-state index in [0.29, 0.717) is 22.5 Å². The Morgan fingerprint density at radius 1 is 1.12 bits per heavy atom. The monoisotopic (exact) mass is 338 g/mol. The van der Waals surface area contributed by atoms with Crippen LogP contribution in [0.2, 0.25) is 0 Å². The molecule has 0 aliphatic carbocycles. The van der Waals surface area contributed by atoms with E-state index in [1.54, 1.807) is 12.1 Å². The van der Waals surface area contributed by atoms with Gasteiger partial charge < -0.3 is 19.4 Å². The van der Waals surface area contributed by atoms with Gasteiger partial charge in [-0.1, -0.05) is 26.0 Å². The summed E-state index contributed by atoms with van der Waals surface area (Å²) >= 11 is 0. The van der Waals surface area contributed by atoms with E-state index < -0.39 is 0 Å². The van der Waals surface area contributed by atoms with Crippen molar-refractivity contribution in [2.45, 2.75) is 32.3 Å². The second kappa shape index (κ2) is 5.02. The maximum Gasteiger partial charge on any atom is 0.204 e. The molecule has 128 valence electrons. The first-order valence-electron chi connectivity index (χ1n) is 8.08. The summed E-state index contributed by atoms with van der Waals surface area (Å²) in [6.45, 7) is 5.99. The normalized spacial score (nSPS) is 18.1. The van der Waals surface area contributed by atoms with Crippen molar-refractivity contribution in [3.63, 3.8) is 0 Å². The molecule has 0 spiro atoms. The molecule has 2 N–H and O–H groups in total. The molecular weight excluding hydrogens is 320 g/mol. The summed E-state index contributed by atoms with van der Waals surface area (Å²) < 4.78 is 11.6. The average Bonchev–Trinajstić information content (AvgIpc) is 2.77. The van der Waals surface area contributed by atoms with E-state index in [2.05, 4.69) is 0 Å². The number of hydrogen-bond acceptors (Lipinski definition) is 5. The van der Waals surface area contributed by atoms with Gasteiger partial charge in [0.25, 0.3) is 0 Å². The van der Waals surface area contributed by atoms with E-state index >= 15 is 0 Å². The Morgan fingerprint density at radius 3 is 2.48 bits per heavy atom. The van der Waals surface area contributed by atoms with E-state index in [-0.39, 0.29) is 33.8 Å². The van der Waals surface area contributed by atoms with Crippen molar-refractivity contribution in [3.8, 4) is 28.4 Å². The first kappa shape index (κ1) is 15.6. The molecule has 0 radical (unpaired) electrons. The number of rotatable bonds is 1. The summed E-state index contributed by atoms with van der Waals surface area (Å²) in [6, 6.07) is 7.75. The summed E-state index contributed by atoms with van der Waals surface area (Å²) in [5.41, 5.74) is 1.42. The lowest BCUT2D eigenvalue weighted by atomic mass is 9.80. The van der Waals surface area contributed by atoms with Gasteiger partial charge in [0.15, 0.2) is 0 Å². The Morgan fingerprint density at radius 2 is 1.80 bits per heavy atom. The van der Waals surface area contributed by atoms with Gasteiger partial charge in [-0.25, -0.2) is 0 Å². The third-order valence-corrected chi connectivity index (χ3v) is 5.13. The summed E-state index contributed by atoms with van der Waals surface area (Å²) in [5.74, 6) is 0.499.